The van der Waals surface area contributed by atoms with E-state index in [9.17, 15) is 4.79 Å². The number of carbonyl (C=O) groups excluding carboxylic acids is 1. The van der Waals surface area contributed by atoms with Crippen molar-refractivity contribution in [2.45, 2.75) is 12.3 Å². The largest absolute Gasteiger partial charge is 0.454 e. The van der Waals surface area contributed by atoms with Gasteiger partial charge in [0.2, 0.25) is 12.7 Å². The van der Waals surface area contributed by atoms with E-state index in [1.807, 2.05) is 53.2 Å². The van der Waals surface area contributed by atoms with E-state index in [0.717, 1.165) is 22.7 Å². The molecule has 0 fully saturated rings. The Morgan fingerprint density at radius 2 is 2.19 bits per heavy atom. The van der Waals surface area contributed by atoms with Crippen LogP contribution in [0.3, 0.4) is 0 Å². The fourth-order valence-electron chi connectivity index (χ4n) is 3.28. The summed E-state index contributed by atoms with van der Waals surface area (Å²) in [5, 5.41) is 2.90. The van der Waals surface area contributed by atoms with Crippen LogP contribution in [0.15, 0.2) is 48.8 Å². The maximum Gasteiger partial charge on any atom is 0.231 e. The van der Waals surface area contributed by atoms with Crippen LogP contribution in [0.2, 0.25) is 0 Å². The molecule has 7 heteroatoms. The number of rotatable bonds is 7. The number of hydrogen-bond donors (Lipinski definition) is 1. The highest BCUT2D eigenvalue weighted by molar-refractivity contribution is 5.77. The van der Waals surface area contributed by atoms with Gasteiger partial charge in [0.1, 0.15) is 5.65 Å². The first kappa shape index (κ1) is 17.4. The number of aromatic nitrogens is 2. The van der Waals surface area contributed by atoms with E-state index < -0.39 is 0 Å². The highest BCUT2D eigenvalue weighted by Crippen LogP contribution is 2.37. The molecule has 1 aliphatic heterocycles. The molecule has 3 aromatic rings. The standard InChI is InChI=1S/C20H21N3O4/c1-25-9-7-21-20(24)11-15(14-5-6-17-18(10-14)27-13-26-17)16-12-22-19-4-2-3-8-23(16)19/h2-6,8,10,12,15H,7,9,11,13H2,1H3,(H,21,24). The zero-order valence-electron chi connectivity index (χ0n) is 15.1. The molecule has 3 heterocycles. The Morgan fingerprint density at radius 3 is 3.07 bits per heavy atom. The Bertz CT molecular complexity index is 953. The first-order valence-electron chi connectivity index (χ1n) is 8.83. The lowest BCUT2D eigenvalue weighted by Crippen LogP contribution is -2.28. The number of benzene rings is 1. The van der Waals surface area contributed by atoms with Gasteiger partial charge < -0.3 is 23.9 Å². The highest BCUT2D eigenvalue weighted by Gasteiger charge is 2.24. The van der Waals surface area contributed by atoms with Gasteiger partial charge in [-0.05, 0) is 29.8 Å². The molecule has 0 bridgehead atoms. The second kappa shape index (κ2) is 7.67. The van der Waals surface area contributed by atoms with E-state index in [1.54, 1.807) is 7.11 Å². The maximum absolute atomic E-state index is 12.5. The molecule has 0 radical (unpaired) electrons. The fraction of sp³-hybridized carbons (Fsp3) is 0.300. The van der Waals surface area contributed by atoms with Crippen molar-refractivity contribution >= 4 is 11.6 Å². The second-order valence-corrected chi connectivity index (χ2v) is 6.32. The van der Waals surface area contributed by atoms with Crippen molar-refractivity contribution in [2.75, 3.05) is 27.1 Å². The van der Waals surface area contributed by atoms with Crippen LogP contribution in [0, 0.1) is 0 Å². The Labute approximate surface area is 156 Å². The fourth-order valence-corrected chi connectivity index (χ4v) is 3.28. The molecular formula is C20H21N3O4. The number of ether oxygens (including phenoxy) is 3. The molecule has 7 nitrogen and oxygen atoms in total. The van der Waals surface area contributed by atoms with E-state index in [4.69, 9.17) is 14.2 Å². The van der Waals surface area contributed by atoms with E-state index in [1.165, 1.54) is 0 Å². The van der Waals surface area contributed by atoms with Crippen molar-refractivity contribution in [2.24, 2.45) is 0 Å². The minimum absolute atomic E-state index is 0.0411. The average molecular weight is 367 g/mol. The van der Waals surface area contributed by atoms with Gasteiger partial charge in [-0.1, -0.05) is 12.1 Å². The molecule has 1 atom stereocenters. The first-order valence-corrected chi connectivity index (χ1v) is 8.83. The summed E-state index contributed by atoms with van der Waals surface area (Å²) in [6.45, 7) is 1.18. The van der Waals surface area contributed by atoms with Crippen LogP contribution in [0.4, 0.5) is 0 Å². The molecular weight excluding hydrogens is 346 g/mol. The Balaban J connectivity index is 1.68. The quantitative estimate of drug-likeness (QED) is 0.649. The Kier molecular flexibility index (Phi) is 4.93. The predicted molar refractivity (Wildman–Crippen MR) is 99.1 cm³/mol. The molecule has 0 aliphatic carbocycles. The molecule has 4 rings (SSSR count). The lowest BCUT2D eigenvalue weighted by molar-refractivity contribution is -0.121. The summed E-state index contributed by atoms with van der Waals surface area (Å²) in [7, 11) is 1.61. The zero-order chi connectivity index (χ0) is 18.6. The number of methoxy groups -OCH3 is 1. The van der Waals surface area contributed by atoms with Crippen molar-refractivity contribution in [3.63, 3.8) is 0 Å². The molecule has 2 aromatic heterocycles. The van der Waals surface area contributed by atoms with Gasteiger partial charge in [-0.2, -0.15) is 0 Å². The Morgan fingerprint density at radius 1 is 1.30 bits per heavy atom. The van der Waals surface area contributed by atoms with Crippen molar-refractivity contribution in [3.8, 4) is 11.5 Å². The van der Waals surface area contributed by atoms with E-state index >= 15 is 0 Å². The van der Waals surface area contributed by atoms with Crippen molar-refractivity contribution in [3.05, 3.63) is 60.0 Å². The van der Waals surface area contributed by atoms with Crippen LogP contribution in [-0.4, -0.2) is 42.3 Å². The van der Waals surface area contributed by atoms with Crippen molar-refractivity contribution in [1.82, 2.24) is 14.7 Å². The van der Waals surface area contributed by atoms with Gasteiger partial charge in [-0.15, -0.1) is 0 Å². The topological polar surface area (TPSA) is 74.1 Å². The van der Waals surface area contributed by atoms with Crippen LogP contribution in [-0.2, 0) is 9.53 Å². The van der Waals surface area contributed by atoms with Gasteiger partial charge in [0.05, 0.1) is 12.3 Å². The summed E-state index contributed by atoms with van der Waals surface area (Å²) < 4.78 is 17.9. The van der Waals surface area contributed by atoms with Crippen molar-refractivity contribution in [1.29, 1.82) is 0 Å². The van der Waals surface area contributed by atoms with Gasteiger partial charge in [0, 0.05) is 38.4 Å². The predicted octanol–water partition coefficient (Wildman–Crippen LogP) is 2.35. The second-order valence-electron chi connectivity index (χ2n) is 6.32. The molecule has 1 amide bonds. The van der Waals surface area contributed by atoms with E-state index in [0.29, 0.717) is 25.3 Å². The van der Waals surface area contributed by atoms with Gasteiger partial charge >= 0.3 is 0 Å². The number of fused-ring (bicyclic) bond motifs is 2. The van der Waals surface area contributed by atoms with Crippen LogP contribution < -0.4 is 14.8 Å². The molecule has 27 heavy (non-hydrogen) atoms. The van der Waals surface area contributed by atoms with Gasteiger partial charge in [-0.3, -0.25) is 4.79 Å². The molecule has 1 N–H and O–H groups in total. The number of nitrogens with one attached hydrogen (secondary N) is 1. The third-order valence-corrected chi connectivity index (χ3v) is 4.62. The zero-order valence-corrected chi connectivity index (χ0v) is 15.1. The maximum atomic E-state index is 12.5. The first-order chi connectivity index (χ1) is 13.3. The summed E-state index contributed by atoms with van der Waals surface area (Å²) in [5.74, 6) is 1.21. The van der Waals surface area contributed by atoms with Crippen molar-refractivity contribution < 1.29 is 19.0 Å². The average Bonchev–Trinajstić information content (AvgIpc) is 3.32. The molecule has 0 saturated heterocycles. The van der Waals surface area contributed by atoms with Crippen LogP contribution in [0.25, 0.3) is 5.65 Å². The molecule has 140 valence electrons. The highest BCUT2D eigenvalue weighted by atomic mass is 16.7. The monoisotopic (exact) mass is 367 g/mol. The summed E-state index contributed by atoms with van der Waals surface area (Å²) in [6, 6.07) is 11.6. The number of amides is 1. The minimum atomic E-state index is -0.167. The number of hydrogen-bond acceptors (Lipinski definition) is 5. The molecule has 1 aromatic carbocycles. The number of carbonyl (C=O) groups is 1. The molecule has 1 unspecified atom stereocenters. The van der Waals surface area contributed by atoms with E-state index in [-0.39, 0.29) is 18.6 Å². The van der Waals surface area contributed by atoms with Crippen LogP contribution >= 0.6 is 0 Å². The third kappa shape index (κ3) is 3.59. The summed E-state index contributed by atoms with van der Waals surface area (Å²) in [4.78, 5) is 17.0. The van der Waals surface area contributed by atoms with Crippen LogP contribution in [0.5, 0.6) is 11.5 Å². The number of pyridine rings is 1. The molecule has 0 saturated carbocycles. The minimum Gasteiger partial charge on any atom is -0.454 e. The third-order valence-electron chi connectivity index (χ3n) is 4.62. The summed E-state index contributed by atoms with van der Waals surface area (Å²) >= 11 is 0. The molecule has 1 aliphatic rings. The van der Waals surface area contributed by atoms with Gasteiger partial charge in [-0.25, -0.2) is 4.98 Å². The van der Waals surface area contributed by atoms with Gasteiger partial charge in [0.15, 0.2) is 11.5 Å². The lowest BCUT2D eigenvalue weighted by Gasteiger charge is -2.18. The Hall–Kier alpha value is -3.06. The number of imidazole rings is 1. The molecule has 0 spiro atoms. The van der Waals surface area contributed by atoms with Crippen LogP contribution in [0.1, 0.15) is 23.6 Å². The van der Waals surface area contributed by atoms with Gasteiger partial charge in [0.25, 0.3) is 0 Å². The summed E-state index contributed by atoms with van der Waals surface area (Å²) in [6.07, 6.45) is 4.08. The lowest BCUT2D eigenvalue weighted by atomic mass is 9.92. The summed E-state index contributed by atoms with van der Waals surface area (Å²) in [5.41, 5.74) is 2.77. The normalized spacial score (nSPS) is 13.7. The SMILES string of the molecule is COCCNC(=O)CC(c1ccc2c(c1)OCO2)c1cnc2ccccn12. The smallest absolute Gasteiger partial charge is 0.231 e. The number of nitrogens with zero attached hydrogens (tertiary/aromatic N) is 2. The van der Waals surface area contributed by atoms with E-state index in [2.05, 4.69) is 10.3 Å².